The van der Waals surface area contributed by atoms with Gasteiger partial charge < -0.3 is 10.8 Å². The number of rotatable bonds is 2. The number of aromatic carboxylic acids is 1. The van der Waals surface area contributed by atoms with Gasteiger partial charge in [-0.3, -0.25) is 0 Å². The van der Waals surface area contributed by atoms with E-state index >= 15 is 0 Å². The molecule has 0 atom stereocenters. The van der Waals surface area contributed by atoms with Gasteiger partial charge in [-0.1, -0.05) is 11.6 Å². The molecule has 0 saturated heterocycles. The van der Waals surface area contributed by atoms with Crippen LogP contribution in [0.15, 0.2) is 12.1 Å². The largest absolute Gasteiger partial charge is 0.478 e. The van der Waals surface area contributed by atoms with Crippen molar-refractivity contribution in [1.29, 1.82) is 5.26 Å². The first-order valence-electron chi connectivity index (χ1n) is 3.76. The molecule has 0 spiro atoms. The molecule has 3 N–H and O–H groups in total. The quantitative estimate of drug-likeness (QED) is 0.772. The summed E-state index contributed by atoms with van der Waals surface area (Å²) in [6.45, 7) is 0.173. The molecule has 72 valence electrons. The Bertz CT molecular complexity index is 424. The molecule has 0 fully saturated rings. The number of hydrogen-bond acceptors (Lipinski definition) is 3. The monoisotopic (exact) mass is 210 g/mol. The average molecular weight is 211 g/mol. The van der Waals surface area contributed by atoms with Crippen LogP contribution >= 0.6 is 11.6 Å². The molecule has 0 aliphatic carbocycles. The molecule has 1 aromatic rings. The summed E-state index contributed by atoms with van der Waals surface area (Å²) in [7, 11) is 0. The first-order valence-corrected chi connectivity index (χ1v) is 4.13. The molecule has 1 rings (SSSR count). The van der Waals surface area contributed by atoms with Gasteiger partial charge in [0, 0.05) is 6.54 Å². The number of halogens is 1. The van der Waals surface area contributed by atoms with Crippen molar-refractivity contribution in [2.24, 2.45) is 5.73 Å². The van der Waals surface area contributed by atoms with Gasteiger partial charge in [0.25, 0.3) is 0 Å². The highest BCUT2D eigenvalue weighted by Gasteiger charge is 2.13. The summed E-state index contributed by atoms with van der Waals surface area (Å²) in [5.74, 6) is -1.16. The maximum atomic E-state index is 10.7. The second-order valence-electron chi connectivity index (χ2n) is 2.63. The van der Waals surface area contributed by atoms with E-state index < -0.39 is 5.97 Å². The van der Waals surface area contributed by atoms with Crippen LogP contribution in [0, 0.1) is 11.3 Å². The fourth-order valence-corrected chi connectivity index (χ4v) is 1.27. The minimum atomic E-state index is -1.16. The van der Waals surface area contributed by atoms with E-state index in [1.807, 2.05) is 6.07 Å². The molecular weight excluding hydrogens is 204 g/mol. The first kappa shape index (κ1) is 10.5. The van der Waals surface area contributed by atoms with E-state index in [9.17, 15) is 4.79 Å². The van der Waals surface area contributed by atoms with E-state index in [2.05, 4.69) is 0 Å². The van der Waals surface area contributed by atoms with Crippen LogP contribution in [0.5, 0.6) is 0 Å². The standard InChI is InChI=1S/C9H7ClN2O2/c10-8-6(4-12)1-5(3-11)2-7(8)9(13)14/h1-2H,3,11H2,(H,13,14). The van der Waals surface area contributed by atoms with Crippen molar-refractivity contribution in [2.45, 2.75) is 6.54 Å². The Balaban J connectivity index is 3.44. The molecule has 0 radical (unpaired) electrons. The summed E-state index contributed by atoms with van der Waals surface area (Å²) in [6.07, 6.45) is 0. The molecule has 0 saturated carbocycles. The number of hydrogen-bond donors (Lipinski definition) is 2. The predicted molar refractivity (Wildman–Crippen MR) is 51.0 cm³/mol. The fraction of sp³-hybridized carbons (Fsp3) is 0.111. The minimum Gasteiger partial charge on any atom is -0.478 e. The van der Waals surface area contributed by atoms with Crippen LogP contribution in [0.4, 0.5) is 0 Å². The number of carboxylic acids is 1. The van der Waals surface area contributed by atoms with Crippen LogP contribution in [0.1, 0.15) is 21.5 Å². The predicted octanol–water partition coefficient (Wildman–Crippen LogP) is 1.37. The molecule has 0 aliphatic heterocycles. The average Bonchev–Trinajstić information content (AvgIpc) is 2.17. The normalized spacial score (nSPS) is 9.50. The lowest BCUT2D eigenvalue weighted by molar-refractivity contribution is 0.0697. The second kappa shape index (κ2) is 4.09. The van der Waals surface area contributed by atoms with Crippen molar-refractivity contribution in [1.82, 2.24) is 0 Å². The molecule has 0 unspecified atom stereocenters. The van der Waals surface area contributed by atoms with E-state index in [-0.39, 0.29) is 22.7 Å². The van der Waals surface area contributed by atoms with Gasteiger partial charge in [0.05, 0.1) is 16.1 Å². The number of nitriles is 1. The molecule has 0 bridgehead atoms. The van der Waals surface area contributed by atoms with Crippen LogP contribution < -0.4 is 5.73 Å². The van der Waals surface area contributed by atoms with Crippen LogP contribution in [-0.2, 0) is 6.54 Å². The third-order valence-electron chi connectivity index (χ3n) is 1.72. The SMILES string of the molecule is N#Cc1cc(CN)cc(C(=O)O)c1Cl. The molecule has 0 amide bonds. The molecule has 0 aliphatic rings. The Morgan fingerprint density at radius 3 is 2.71 bits per heavy atom. The van der Waals surface area contributed by atoms with Gasteiger partial charge in [-0.15, -0.1) is 0 Å². The van der Waals surface area contributed by atoms with E-state index in [0.717, 1.165) is 0 Å². The highest BCUT2D eigenvalue weighted by Crippen LogP contribution is 2.22. The van der Waals surface area contributed by atoms with Crippen molar-refractivity contribution in [3.63, 3.8) is 0 Å². The number of nitrogens with zero attached hydrogens (tertiary/aromatic N) is 1. The van der Waals surface area contributed by atoms with E-state index in [4.69, 9.17) is 27.7 Å². The lowest BCUT2D eigenvalue weighted by Crippen LogP contribution is -2.04. The van der Waals surface area contributed by atoms with E-state index in [0.29, 0.717) is 5.56 Å². The van der Waals surface area contributed by atoms with Gasteiger partial charge in [-0.25, -0.2) is 4.79 Å². The number of nitrogens with two attached hydrogens (primary N) is 1. The number of carbonyl (C=O) groups is 1. The zero-order valence-corrected chi connectivity index (χ0v) is 7.88. The molecule has 1 aromatic carbocycles. The maximum Gasteiger partial charge on any atom is 0.337 e. The zero-order valence-electron chi connectivity index (χ0n) is 7.12. The highest BCUT2D eigenvalue weighted by molar-refractivity contribution is 6.34. The van der Waals surface area contributed by atoms with Crippen LogP contribution in [0.2, 0.25) is 5.02 Å². The van der Waals surface area contributed by atoms with Gasteiger partial charge in [-0.05, 0) is 17.7 Å². The van der Waals surface area contributed by atoms with Gasteiger partial charge in [0.1, 0.15) is 6.07 Å². The molecule has 4 nitrogen and oxygen atoms in total. The van der Waals surface area contributed by atoms with E-state index in [1.165, 1.54) is 12.1 Å². The molecule has 0 aromatic heterocycles. The Labute approximate surface area is 85.5 Å². The zero-order chi connectivity index (χ0) is 10.7. The van der Waals surface area contributed by atoms with E-state index in [1.54, 1.807) is 0 Å². The van der Waals surface area contributed by atoms with Crippen molar-refractivity contribution in [3.8, 4) is 6.07 Å². The summed E-state index contributed by atoms with van der Waals surface area (Å²) >= 11 is 5.69. The summed E-state index contributed by atoms with van der Waals surface area (Å²) < 4.78 is 0. The second-order valence-corrected chi connectivity index (χ2v) is 3.00. The smallest absolute Gasteiger partial charge is 0.337 e. The maximum absolute atomic E-state index is 10.7. The topological polar surface area (TPSA) is 87.1 Å². The third kappa shape index (κ3) is 1.84. The van der Waals surface area contributed by atoms with Gasteiger partial charge >= 0.3 is 5.97 Å². The van der Waals surface area contributed by atoms with Gasteiger partial charge in [0.15, 0.2) is 0 Å². The highest BCUT2D eigenvalue weighted by atomic mass is 35.5. The molecule has 0 heterocycles. The lowest BCUT2D eigenvalue weighted by Gasteiger charge is -2.04. The van der Waals surface area contributed by atoms with Crippen LogP contribution in [-0.4, -0.2) is 11.1 Å². The Morgan fingerprint density at radius 2 is 2.29 bits per heavy atom. The Hall–Kier alpha value is -1.57. The van der Waals surface area contributed by atoms with Gasteiger partial charge in [0.2, 0.25) is 0 Å². The summed E-state index contributed by atoms with van der Waals surface area (Å²) in [6, 6.07) is 4.66. The van der Waals surface area contributed by atoms with Crippen molar-refractivity contribution >= 4 is 17.6 Å². The van der Waals surface area contributed by atoms with Crippen molar-refractivity contribution in [3.05, 3.63) is 33.8 Å². The third-order valence-corrected chi connectivity index (χ3v) is 2.13. The summed E-state index contributed by atoms with van der Waals surface area (Å²) in [4.78, 5) is 10.7. The van der Waals surface area contributed by atoms with Gasteiger partial charge in [-0.2, -0.15) is 5.26 Å². The van der Waals surface area contributed by atoms with Crippen LogP contribution in [0.25, 0.3) is 0 Å². The summed E-state index contributed by atoms with van der Waals surface area (Å²) in [5, 5.41) is 17.4. The fourth-order valence-electron chi connectivity index (χ4n) is 1.04. The minimum absolute atomic E-state index is 0.0443. The van der Waals surface area contributed by atoms with Crippen LogP contribution in [0.3, 0.4) is 0 Å². The number of benzene rings is 1. The number of carboxylic acid groups (broad SMARTS) is 1. The van der Waals surface area contributed by atoms with Crippen molar-refractivity contribution in [2.75, 3.05) is 0 Å². The van der Waals surface area contributed by atoms with Crippen molar-refractivity contribution < 1.29 is 9.90 Å². The Kier molecular flexibility index (Phi) is 3.07. The Morgan fingerprint density at radius 1 is 1.64 bits per heavy atom. The summed E-state index contributed by atoms with van der Waals surface area (Å²) in [5.41, 5.74) is 5.96. The molecule has 5 heteroatoms. The molecule has 14 heavy (non-hydrogen) atoms. The lowest BCUT2D eigenvalue weighted by atomic mass is 10.1. The molecular formula is C9H7ClN2O2. The first-order chi connectivity index (χ1) is 6.60.